The Labute approximate surface area is 275 Å². The van der Waals surface area contributed by atoms with Crippen molar-refractivity contribution in [1.82, 2.24) is 10.4 Å². The smallest absolute Gasteiger partial charge is 0.404 e. The van der Waals surface area contributed by atoms with E-state index in [1.54, 1.807) is 0 Å². The zero-order valence-electron chi connectivity index (χ0n) is 28.0. The number of hydrogen-bond donors (Lipinski definition) is 1. The zero-order chi connectivity index (χ0) is 32.1. The van der Waals surface area contributed by atoms with Crippen LogP contribution in [0.3, 0.4) is 0 Å². The molecule has 3 aliphatic carbocycles. The van der Waals surface area contributed by atoms with Crippen molar-refractivity contribution in [3.05, 3.63) is 96.1 Å². The topological polar surface area (TPSA) is 60.0 Å². The van der Waals surface area contributed by atoms with Crippen molar-refractivity contribution in [2.75, 3.05) is 6.54 Å². The number of amides is 1. The van der Waals surface area contributed by atoms with Gasteiger partial charge in [0.2, 0.25) is 0 Å². The SMILES string of the molecule is CC(C)C[C@@H](B1O[C@@H]2C[C@@H]3C[C@@H](C3(C)C)[C@]2(C)O1)N1OC(Cc2ccccc2)CC1CNC(=O)c1cccc(-c2ccccc2)c1. The van der Waals surface area contributed by atoms with Crippen molar-refractivity contribution in [3.63, 3.8) is 0 Å². The lowest BCUT2D eigenvalue weighted by Gasteiger charge is -2.64. The lowest BCUT2D eigenvalue weighted by molar-refractivity contribution is -0.200. The van der Waals surface area contributed by atoms with E-state index in [0.29, 0.717) is 29.9 Å². The fourth-order valence-electron chi connectivity index (χ4n) is 8.89. The van der Waals surface area contributed by atoms with E-state index in [0.717, 1.165) is 36.8 Å². The normalized spacial score (nSPS) is 30.6. The highest BCUT2D eigenvalue weighted by Crippen LogP contribution is 2.66. The van der Waals surface area contributed by atoms with Crippen LogP contribution in [0.5, 0.6) is 0 Å². The summed E-state index contributed by atoms with van der Waals surface area (Å²) in [6, 6.07) is 28.6. The van der Waals surface area contributed by atoms with Crippen LogP contribution in [0.2, 0.25) is 0 Å². The highest BCUT2D eigenvalue weighted by atomic mass is 16.7. The standard InChI is InChI=1S/C39H49BN2O4/c1-26(2)19-36(40-44-35-23-31-22-34(38(31,3)4)39(35,5)46-40)42-32(24-33(45-42)20-27-13-8-6-9-14-27)25-41-37(43)30-18-12-17-29(21-30)28-15-10-7-11-16-28/h6-18,21,26,31-36H,19-20,22-25H2,1-5H3,(H,41,43)/t31-,32?,33?,34-,35+,36-,39-/m0/s1. The second kappa shape index (κ2) is 12.6. The Morgan fingerprint density at radius 2 is 1.65 bits per heavy atom. The van der Waals surface area contributed by atoms with Crippen molar-refractivity contribution in [1.29, 1.82) is 0 Å². The molecule has 2 unspecified atom stereocenters. The molecule has 2 aliphatic heterocycles. The fraction of sp³-hybridized carbons (Fsp3) is 0.513. The Morgan fingerprint density at radius 3 is 2.37 bits per heavy atom. The summed E-state index contributed by atoms with van der Waals surface area (Å²) in [5, 5.41) is 5.43. The van der Waals surface area contributed by atoms with E-state index < -0.39 is 0 Å². The molecule has 6 nitrogen and oxygen atoms in total. The van der Waals surface area contributed by atoms with Gasteiger partial charge in [0.05, 0.1) is 29.8 Å². The van der Waals surface area contributed by atoms with E-state index in [4.69, 9.17) is 14.1 Å². The summed E-state index contributed by atoms with van der Waals surface area (Å²) in [4.78, 5) is 20.4. The lowest BCUT2D eigenvalue weighted by Crippen LogP contribution is -2.65. The molecule has 7 atom stereocenters. The van der Waals surface area contributed by atoms with Crippen molar-refractivity contribution in [2.24, 2.45) is 23.2 Å². The summed E-state index contributed by atoms with van der Waals surface area (Å²) < 4.78 is 13.9. The third-order valence-electron chi connectivity index (χ3n) is 11.5. The van der Waals surface area contributed by atoms with Gasteiger partial charge in [-0.15, -0.1) is 0 Å². The number of hydrogen-bond acceptors (Lipinski definition) is 5. The lowest BCUT2D eigenvalue weighted by atomic mass is 9.43. The third-order valence-corrected chi connectivity index (χ3v) is 11.5. The fourth-order valence-corrected chi connectivity index (χ4v) is 8.89. The maximum atomic E-state index is 13.6. The molecule has 5 aliphatic rings. The summed E-state index contributed by atoms with van der Waals surface area (Å²) in [6.45, 7) is 12.1. The van der Waals surface area contributed by atoms with Crippen molar-refractivity contribution >= 4 is 13.0 Å². The Bertz CT molecular complexity index is 1520. The van der Waals surface area contributed by atoms with Gasteiger partial charge in [0, 0.05) is 18.5 Å². The largest absolute Gasteiger partial charge is 0.478 e. The van der Waals surface area contributed by atoms with Gasteiger partial charge < -0.3 is 14.6 Å². The number of rotatable bonds is 10. The highest BCUT2D eigenvalue weighted by Gasteiger charge is 2.69. The summed E-state index contributed by atoms with van der Waals surface area (Å²) in [5.41, 5.74) is 4.04. The Hall–Kier alpha value is -2.97. The second-order valence-corrected chi connectivity index (χ2v) is 15.4. The van der Waals surface area contributed by atoms with Crippen LogP contribution < -0.4 is 5.32 Å². The van der Waals surface area contributed by atoms with Gasteiger partial charge in [0.25, 0.3) is 5.91 Å². The van der Waals surface area contributed by atoms with Gasteiger partial charge in [-0.05, 0) is 84.6 Å². The number of nitrogens with one attached hydrogen (secondary N) is 1. The van der Waals surface area contributed by atoms with Gasteiger partial charge in [-0.25, -0.2) is 0 Å². The van der Waals surface area contributed by atoms with Gasteiger partial charge in [-0.1, -0.05) is 100 Å². The molecular formula is C39H49BN2O4. The van der Waals surface area contributed by atoms with E-state index in [-0.39, 0.29) is 48.2 Å². The first-order chi connectivity index (χ1) is 22.1. The summed E-state index contributed by atoms with van der Waals surface area (Å²) in [7, 11) is -0.371. The van der Waals surface area contributed by atoms with E-state index in [9.17, 15) is 4.79 Å². The van der Waals surface area contributed by atoms with Crippen LogP contribution in [-0.2, 0) is 20.6 Å². The van der Waals surface area contributed by atoms with E-state index in [1.165, 1.54) is 12.0 Å². The average molecular weight is 621 g/mol. The molecule has 7 heteroatoms. The molecule has 3 aromatic rings. The number of carbonyl (C=O) groups is 1. The van der Waals surface area contributed by atoms with Crippen LogP contribution in [0.15, 0.2) is 84.9 Å². The van der Waals surface area contributed by atoms with Crippen LogP contribution in [0, 0.1) is 23.2 Å². The van der Waals surface area contributed by atoms with Gasteiger partial charge in [-0.2, -0.15) is 5.06 Å². The van der Waals surface area contributed by atoms with Crippen LogP contribution >= 0.6 is 0 Å². The summed E-state index contributed by atoms with van der Waals surface area (Å²) in [5.74, 6) is 1.47. The molecular weight excluding hydrogens is 571 g/mol. The Morgan fingerprint density at radius 1 is 0.935 bits per heavy atom. The van der Waals surface area contributed by atoms with Gasteiger partial charge in [0.1, 0.15) is 0 Å². The Kier molecular flexibility index (Phi) is 8.64. The molecule has 3 saturated carbocycles. The number of benzene rings is 3. The minimum absolute atomic E-state index is 0.00591. The third kappa shape index (κ3) is 5.96. The summed E-state index contributed by atoms with van der Waals surface area (Å²) >= 11 is 0. The minimum atomic E-state index is -0.371. The van der Waals surface area contributed by atoms with E-state index in [1.807, 2.05) is 42.5 Å². The quantitative estimate of drug-likeness (QED) is 0.240. The van der Waals surface area contributed by atoms with E-state index in [2.05, 4.69) is 87.5 Å². The first kappa shape index (κ1) is 31.6. The molecule has 0 aromatic heterocycles. The molecule has 5 fully saturated rings. The molecule has 46 heavy (non-hydrogen) atoms. The maximum Gasteiger partial charge on any atom is 0.478 e. The Balaban J connectivity index is 1.11. The molecule has 2 saturated heterocycles. The van der Waals surface area contributed by atoms with Crippen molar-refractivity contribution < 1.29 is 18.9 Å². The van der Waals surface area contributed by atoms with Crippen LogP contribution in [-0.4, -0.2) is 54.4 Å². The van der Waals surface area contributed by atoms with Gasteiger partial charge >= 0.3 is 7.12 Å². The molecule has 2 heterocycles. The van der Waals surface area contributed by atoms with Crippen LogP contribution in [0.1, 0.15) is 76.2 Å². The molecule has 0 radical (unpaired) electrons. The number of hydroxylamine groups is 2. The van der Waals surface area contributed by atoms with Crippen LogP contribution in [0.25, 0.3) is 11.1 Å². The number of nitrogens with zero attached hydrogens (tertiary/aromatic N) is 1. The zero-order valence-corrected chi connectivity index (χ0v) is 28.0. The van der Waals surface area contributed by atoms with E-state index >= 15 is 0 Å². The molecule has 8 rings (SSSR count). The van der Waals surface area contributed by atoms with Gasteiger partial charge in [-0.3, -0.25) is 9.63 Å². The molecule has 1 amide bonds. The van der Waals surface area contributed by atoms with Gasteiger partial charge in [0.15, 0.2) is 0 Å². The average Bonchev–Trinajstić information content (AvgIpc) is 3.63. The van der Waals surface area contributed by atoms with Crippen LogP contribution in [0.4, 0.5) is 0 Å². The maximum absolute atomic E-state index is 13.6. The molecule has 0 spiro atoms. The molecule has 242 valence electrons. The first-order valence-corrected chi connectivity index (χ1v) is 17.4. The predicted octanol–water partition coefficient (Wildman–Crippen LogP) is 7.38. The first-order valence-electron chi connectivity index (χ1n) is 17.4. The molecule has 3 aromatic carbocycles. The van der Waals surface area contributed by atoms with Crippen molar-refractivity contribution in [3.8, 4) is 11.1 Å². The predicted molar refractivity (Wildman–Crippen MR) is 183 cm³/mol. The highest BCUT2D eigenvalue weighted by molar-refractivity contribution is 6.47. The second-order valence-electron chi connectivity index (χ2n) is 15.4. The molecule has 1 N–H and O–H groups in total. The summed E-state index contributed by atoms with van der Waals surface area (Å²) in [6.07, 6.45) is 4.92. The molecule has 2 bridgehead atoms. The minimum Gasteiger partial charge on any atom is -0.404 e. The number of carbonyl (C=O) groups excluding carboxylic acids is 1. The monoisotopic (exact) mass is 620 g/mol. The van der Waals surface area contributed by atoms with Crippen molar-refractivity contribution in [2.45, 2.75) is 96.5 Å².